The van der Waals surface area contributed by atoms with Crippen molar-refractivity contribution in [2.75, 3.05) is 13.2 Å². The summed E-state index contributed by atoms with van der Waals surface area (Å²) in [6, 6.07) is 0. The molecular formula is C12H24O2. The van der Waals surface area contributed by atoms with Crippen LogP contribution in [0.1, 0.15) is 46.0 Å². The van der Waals surface area contributed by atoms with Crippen LogP contribution >= 0.6 is 0 Å². The fourth-order valence-electron chi connectivity index (χ4n) is 2.22. The minimum Gasteiger partial charge on any atom is -0.396 e. The Labute approximate surface area is 87.3 Å². The predicted molar refractivity (Wildman–Crippen MR) is 58.0 cm³/mol. The van der Waals surface area contributed by atoms with Crippen LogP contribution in [0.2, 0.25) is 0 Å². The van der Waals surface area contributed by atoms with Crippen molar-refractivity contribution in [1.82, 2.24) is 0 Å². The van der Waals surface area contributed by atoms with Crippen molar-refractivity contribution < 1.29 is 10.2 Å². The number of aliphatic hydroxyl groups is 2. The number of rotatable bonds is 7. The highest BCUT2D eigenvalue weighted by Gasteiger charge is 2.32. The monoisotopic (exact) mass is 200 g/mol. The Bertz CT molecular complexity index is 158. The van der Waals surface area contributed by atoms with E-state index in [1.165, 1.54) is 19.3 Å². The normalized spacial score (nSPS) is 17.8. The fourth-order valence-corrected chi connectivity index (χ4v) is 2.22. The zero-order valence-electron chi connectivity index (χ0n) is 9.50. The molecule has 2 nitrogen and oxygen atoms in total. The molecule has 1 aliphatic rings. The van der Waals surface area contributed by atoms with Gasteiger partial charge < -0.3 is 10.2 Å². The van der Waals surface area contributed by atoms with Gasteiger partial charge >= 0.3 is 0 Å². The van der Waals surface area contributed by atoms with Crippen LogP contribution in [0.5, 0.6) is 0 Å². The molecule has 0 saturated heterocycles. The summed E-state index contributed by atoms with van der Waals surface area (Å²) in [5, 5.41) is 18.8. The van der Waals surface area contributed by atoms with Crippen molar-refractivity contribution >= 4 is 0 Å². The lowest BCUT2D eigenvalue weighted by molar-refractivity contribution is 0.0268. The summed E-state index contributed by atoms with van der Waals surface area (Å²) >= 11 is 0. The third-order valence-corrected chi connectivity index (χ3v) is 3.29. The highest BCUT2D eigenvalue weighted by molar-refractivity contribution is 4.83. The molecule has 1 saturated carbocycles. The Morgan fingerprint density at radius 2 is 1.79 bits per heavy atom. The summed E-state index contributed by atoms with van der Waals surface area (Å²) in [6.45, 7) is 4.57. The van der Waals surface area contributed by atoms with Gasteiger partial charge in [0.2, 0.25) is 0 Å². The quantitative estimate of drug-likeness (QED) is 0.661. The van der Waals surface area contributed by atoms with Crippen LogP contribution in [0.15, 0.2) is 0 Å². The van der Waals surface area contributed by atoms with Crippen molar-refractivity contribution in [3.05, 3.63) is 0 Å². The molecule has 0 spiro atoms. The Morgan fingerprint density at radius 1 is 1.21 bits per heavy atom. The Hall–Kier alpha value is -0.0800. The van der Waals surface area contributed by atoms with Gasteiger partial charge in [0.05, 0.1) is 13.2 Å². The van der Waals surface area contributed by atoms with Gasteiger partial charge in [0.15, 0.2) is 0 Å². The van der Waals surface area contributed by atoms with Crippen LogP contribution in [-0.2, 0) is 0 Å². The molecule has 2 N–H and O–H groups in total. The maximum absolute atomic E-state index is 9.40. The van der Waals surface area contributed by atoms with E-state index < -0.39 is 0 Å². The first-order chi connectivity index (χ1) is 6.62. The van der Waals surface area contributed by atoms with E-state index in [1.54, 1.807) is 0 Å². The summed E-state index contributed by atoms with van der Waals surface area (Å²) in [5.41, 5.74) is -0.212. The molecule has 0 aliphatic heterocycles. The Balaban J connectivity index is 2.39. The molecule has 0 bridgehead atoms. The maximum atomic E-state index is 9.40. The van der Waals surface area contributed by atoms with Gasteiger partial charge in [0.1, 0.15) is 0 Å². The van der Waals surface area contributed by atoms with Crippen molar-refractivity contribution in [3.8, 4) is 0 Å². The molecule has 1 aliphatic carbocycles. The molecule has 1 rings (SSSR count). The second-order valence-electron chi connectivity index (χ2n) is 5.40. The van der Waals surface area contributed by atoms with Gasteiger partial charge in [-0.3, -0.25) is 0 Å². The lowest BCUT2D eigenvalue weighted by Gasteiger charge is -2.31. The number of hydrogen-bond acceptors (Lipinski definition) is 2. The van der Waals surface area contributed by atoms with E-state index in [0.717, 1.165) is 18.8 Å². The second-order valence-corrected chi connectivity index (χ2v) is 5.40. The Kier molecular flexibility index (Phi) is 4.39. The average Bonchev–Trinajstić information content (AvgIpc) is 2.95. The zero-order chi connectivity index (χ0) is 10.6. The highest BCUT2D eigenvalue weighted by atomic mass is 16.3. The van der Waals surface area contributed by atoms with E-state index in [0.29, 0.717) is 5.92 Å². The first-order valence-electron chi connectivity index (χ1n) is 5.83. The minimum absolute atomic E-state index is 0.133. The summed E-state index contributed by atoms with van der Waals surface area (Å²) < 4.78 is 0. The first kappa shape index (κ1) is 12.0. The molecule has 0 radical (unpaired) electrons. The molecule has 0 aromatic heterocycles. The number of hydrogen-bond donors (Lipinski definition) is 2. The first-order valence-corrected chi connectivity index (χ1v) is 5.83. The molecule has 0 unspecified atom stereocenters. The van der Waals surface area contributed by atoms with Gasteiger partial charge in [-0.15, -0.1) is 0 Å². The molecule has 0 amide bonds. The van der Waals surface area contributed by atoms with E-state index in [4.69, 9.17) is 0 Å². The third kappa shape index (κ3) is 3.58. The van der Waals surface area contributed by atoms with E-state index in [9.17, 15) is 10.2 Å². The van der Waals surface area contributed by atoms with E-state index in [1.807, 2.05) is 0 Å². The molecule has 0 atom stereocenters. The molecule has 2 heteroatoms. The minimum atomic E-state index is -0.212. The van der Waals surface area contributed by atoms with Crippen LogP contribution in [0.4, 0.5) is 0 Å². The zero-order valence-corrected chi connectivity index (χ0v) is 9.50. The van der Waals surface area contributed by atoms with Crippen LogP contribution < -0.4 is 0 Å². The molecule has 14 heavy (non-hydrogen) atoms. The van der Waals surface area contributed by atoms with Crippen molar-refractivity contribution in [2.45, 2.75) is 46.0 Å². The maximum Gasteiger partial charge on any atom is 0.0509 e. The largest absolute Gasteiger partial charge is 0.396 e. The van der Waals surface area contributed by atoms with Crippen LogP contribution in [0, 0.1) is 17.3 Å². The smallest absolute Gasteiger partial charge is 0.0509 e. The van der Waals surface area contributed by atoms with Crippen LogP contribution in [0.3, 0.4) is 0 Å². The summed E-state index contributed by atoms with van der Waals surface area (Å²) in [5.74, 6) is 1.44. The molecular weight excluding hydrogens is 176 g/mol. The molecule has 84 valence electrons. The van der Waals surface area contributed by atoms with Crippen molar-refractivity contribution in [2.24, 2.45) is 17.3 Å². The van der Waals surface area contributed by atoms with Gasteiger partial charge in [-0.1, -0.05) is 26.7 Å². The summed E-state index contributed by atoms with van der Waals surface area (Å²) in [7, 11) is 0. The molecule has 1 fully saturated rings. The van der Waals surface area contributed by atoms with Gasteiger partial charge in [0.25, 0.3) is 0 Å². The van der Waals surface area contributed by atoms with Crippen molar-refractivity contribution in [3.63, 3.8) is 0 Å². The van der Waals surface area contributed by atoms with E-state index in [2.05, 4.69) is 13.8 Å². The Morgan fingerprint density at radius 3 is 2.14 bits per heavy atom. The van der Waals surface area contributed by atoms with Gasteiger partial charge in [-0.05, 0) is 31.1 Å². The van der Waals surface area contributed by atoms with Crippen LogP contribution in [-0.4, -0.2) is 23.4 Å². The van der Waals surface area contributed by atoms with E-state index >= 15 is 0 Å². The van der Waals surface area contributed by atoms with Gasteiger partial charge in [-0.25, -0.2) is 0 Å². The lowest BCUT2D eigenvalue weighted by atomic mass is 9.77. The number of aliphatic hydroxyl groups excluding tert-OH is 2. The SMILES string of the molecule is CC(C)CC(CO)(CO)CCC1CC1. The standard InChI is InChI=1S/C12H24O2/c1-10(2)7-12(8-13,9-14)6-5-11-3-4-11/h10-11,13-14H,3-9H2,1-2H3. The lowest BCUT2D eigenvalue weighted by Crippen LogP contribution is -2.31. The second kappa shape index (κ2) is 5.13. The molecule has 0 heterocycles. The molecule has 0 aromatic carbocycles. The van der Waals surface area contributed by atoms with Crippen LogP contribution in [0.25, 0.3) is 0 Å². The summed E-state index contributed by atoms with van der Waals surface area (Å²) in [4.78, 5) is 0. The summed E-state index contributed by atoms with van der Waals surface area (Å²) in [6.07, 6.45) is 5.83. The third-order valence-electron chi connectivity index (χ3n) is 3.29. The van der Waals surface area contributed by atoms with E-state index in [-0.39, 0.29) is 18.6 Å². The van der Waals surface area contributed by atoms with Crippen molar-refractivity contribution in [1.29, 1.82) is 0 Å². The fraction of sp³-hybridized carbons (Fsp3) is 1.00. The highest BCUT2D eigenvalue weighted by Crippen LogP contribution is 2.39. The predicted octanol–water partition coefficient (Wildman–Crippen LogP) is 2.19. The topological polar surface area (TPSA) is 40.5 Å². The van der Waals surface area contributed by atoms with Gasteiger partial charge in [0, 0.05) is 5.41 Å². The average molecular weight is 200 g/mol. The van der Waals surface area contributed by atoms with Gasteiger partial charge in [-0.2, -0.15) is 0 Å². The molecule has 0 aromatic rings.